The Hall–Kier alpha value is -0.710. The zero-order valence-electron chi connectivity index (χ0n) is 11.4. The van der Waals surface area contributed by atoms with E-state index in [1.165, 1.54) is 0 Å². The lowest BCUT2D eigenvalue weighted by Gasteiger charge is -2.31. The van der Waals surface area contributed by atoms with E-state index in [0.29, 0.717) is 13.0 Å². The first kappa shape index (κ1) is 15.7. The summed E-state index contributed by atoms with van der Waals surface area (Å²) in [5.74, 6) is 1.24. The Balaban J connectivity index is 1.73. The van der Waals surface area contributed by atoms with Crippen LogP contribution in [0, 0.1) is 5.92 Å². The number of hydrogen-bond donors (Lipinski definition) is 1. The third-order valence-electron chi connectivity index (χ3n) is 3.53. The van der Waals surface area contributed by atoms with Crippen LogP contribution in [0.3, 0.4) is 0 Å². The molecule has 110 valence electrons. The quantitative estimate of drug-likeness (QED) is 0.849. The summed E-state index contributed by atoms with van der Waals surface area (Å²) in [5, 5.41) is 9.92. The number of piperidine rings is 1. The molecule has 0 radical (unpaired) electrons. The Bertz CT molecular complexity index is 438. The average molecular weight is 314 g/mol. The molecule has 1 fully saturated rings. The van der Waals surface area contributed by atoms with E-state index in [1.807, 2.05) is 29.2 Å². The normalized spacial score (nSPS) is 19.1. The minimum absolute atomic E-state index is 0.184. The highest BCUT2D eigenvalue weighted by Crippen LogP contribution is 2.22. The molecule has 1 aliphatic rings. The second kappa shape index (κ2) is 7.91. The summed E-state index contributed by atoms with van der Waals surface area (Å²) in [6, 6.07) is 7.67. The lowest BCUT2D eigenvalue weighted by Crippen LogP contribution is -2.41. The standard InChI is InChI=1S/C15H20ClNO2S/c16-13-3-5-14(6-4-13)20-9-7-15(19)17-8-1-2-12(10-17)11-18/h3-6,12,18H,1-2,7-11H2. The molecule has 1 aromatic carbocycles. The number of rotatable bonds is 5. The molecule has 1 amide bonds. The van der Waals surface area contributed by atoms with Gasteiger partial charge in [0, 0.05) is 41.8 Å². The molecule has 1 aliphatic heterocycles. The van der Waals surface area contributed by atoms with Crippen molar-refractivity contribution in [3.63, 3.8) is 0 Å². The fourth-order valence-corrected chi connectivity index (χ4v) is 3.35. The van der Waals surface area contributed by atoms with Crippen LogP contribution in [-0.4, -0.2) is 41.4 Å². The van der Waals surface area contributed by atoms with Crippen LogP contribution in [0.1, 0.15) is 19.3 Å². The predicted molar refractivity (Wildman–Crippen MR) is 83.2 cm³/mol. The van der Waals surface area contributed by atoms with Gasteiger partial charge in [-0.15, -0.1) is 11.8 Å². The Morgan fingerprint density at radius 3 is 2.85 bits per heavy atom. The number of carbonyl (C=O) groups excluding carboxylic acids is 1. The summed E-state index contributed by atoms with van der Waals surface area (Å²) in [6.07, 6.45) is 2.58. The van der Waals surface area contributed by atoms with E-state index >= 15 is 0 Å². The number of hydrogen-bond acceptors (Lipinski definition) is 3. The molecule has 0 aromatic heterocycles. The highest BCUT2D eigenvalue weighted by molar-refractivity contribution is 7.99. The number of thioether (sulfide) groups is 1. The van der Waals surface area contributed by atoms with Gasteiger partial charge >= 0.3 is 0 Å². The van der Waals surface area contributed by atoms with Gasteiger partial charge in [0.1, 0.15) is 0 Å². The molecule has 0 saturated carbocycles. The van der Waals surface area contributed by atoms with E-state index in [-0.39, 0.29) is 18.4 Å². The zero-order valence-corrected chi connectivity index (χ0v) is 13.0. The van der Waals surface area contributed by atoms with Crippen molar-refractivity contribution in [3.8, 4) is 0 Å². The maximum absolute atomic E-state index is 12.1. The average Bonchev–Trinajstić information content (AvgIpc) is 2.49. The Labute approximate surface area is 129 Å². The van der Waals surface area contributed by atoms with Crippen molar-refractivity contribution >= 4 is 29.3 Å². The van der Waals surface area contributed by atoms with Crippen LogP contribution in [0.4, 0.5) is 0 Å². The number of benzene rings is 1. The maximum atomic E-state index is 12.1. The van der Waals surface area contributed by atoms with E-state index in [1.54, 1.807) is 11.8 Å². The van der Waals surface area contributed by atoms with Gasteiger partial charge in [0.05, 0.1) is 0 Å². The second-order valence-corrected chi connectivity index (χ2v) is 6.69. The van der Waals surface area contributed by atoms with Gasteiger partial charge in [0.25, 0.3) is 0 Å². The summed E-state index contributed by atoms with van der Waals surface area (Å²) < 4.78 is 0. The molecule has 1 aromatic rings. The second-order valence-electron chi connectivity index (χ2n) is 5.08. The molecule has 0 bridgehead atoms. The zero-order chi connectivity index (χ0) is 14.4. The van der Waals surface area contributed by atoms with Crippen LogP contribution in [0.2, 0.25) is 5.02 Å². The molecule has 3 nitrogen and oxygen atoms in total. The smallest absolute Gasteiger partial charge is 0.223 e. The molecule has 1 unspecified atom stereocenters. The van der Waals surface area contributed by atoms with Gasteiger partial charge in [-0.05, 0) is 43.0 Å². The minimum Gasteiger partial charge on any atom is -0.396 e. The van der Waals surface area contributed by atoms with E-state index in [9.17, 15) is 9.90 Å². The van der Waals surface area contributed by atoms with Crippen molar-refractivity contribution in [2.75, 3.05) is 25.4 Å². The summed E-state index contributed by atoms with van der Waals surface area (Å²) >= 11 is 7.51. The van der Waals surface area contributed by atoms with Crippen molar-refractivity contribution in [2.45, 2.75) is 24.2 Å². The van der Waals surface area contributed by atoms with Crippen LogP contribution in [0.5, 0.6) is 0 Å². The largest absolute Gasteiger partial charge is 0.396 e. The number of aliphatic hydroxyl groups is 1. The molecular formula is C15H20ClNO2S. The van der Waals surface area contributed by atoms with Gasteiger partial charge in [-0.25, -0.2) is 0 Å². The number of amides is 1. The maximum Gasteiger partial charge on any atom is 0.223 e. The van der Waals surface area contributed by atoms with Crippen molar-refractivity contribution in [1.29, 1.82) is 0 Å². The van der Waals surface area contributed by atoms with Crippen LogP contribution < -0.4 is 0 Å². The van der Waals surface area contributed by atoms with E-state index in [0.717, 1.165) is 35.1 Å². The fraction of sp³-hybridized carbons (Fsp3) is 0.533. The molecular weight excluding hydrogens is 294 g/mol. The third-order valence-corrected chi connectivity index (χ3v) is 4.79. The first-order chi connectivity index (χ1) is 9.69. The van der Waals surface area contributed by atoms with Crippen LogP contribution >= 0.6 is 23.4 Å². The lowest BCUT2D eigenvalue weighted by atomic mass is 9.99. The fourth-order valence-electron chi connectivity index (χ4n) is 2.39. The third kappa shape index (κ3) is 4.69. The van der Waals surface area contributed by atoms with Gasteiger partial charge in [0.2, 0.25) is 5.91 Å². The number of likely N-dealkylation sites (tertiary alicyclic amines) is 1. The lowest BCUT2D eigenvalue weighted by molar-refractivity contribution is -0.132. The van der Waals surface area contributed by atoms with Gasteiger partial charge < -0.3 is 10.0 Å². The minimum atomic E-state index is 0.184. The monoisotopic (exact) mass is 313 g/mol. The Morgan fingerprint density at radius 1 is 1.40 bits per heavy atom. The highest BCUT2D eigenvalue weighted by Gasteiger charge is 2.22. The van der Waals surface area contributed by atoms with Crippen molar-refractivity contribution in [3.05, 3.63) is 29.3 Å². The Morgan fingerprint density at radius 2 is 2.15 bits per heavy atom. The van der Waals surface area contributed by atoms with E-state index < -0.39 is 0 Å². The summed E-state index contributed by atoms with van der Waals surface area (Å²) in [4.78, 5) is 15.1. The van der Waals surface area contributed by atoms with Crippen LogP contribution in [0.25, 0.3) is 0 Å². The molecule has 5 heteroatoms. The van der Waals surface area contributed by atoms with Crippen molar-refractivity contribution < 1.29 is 9.90 Å². The molecule has 1 N–H and O–H groups in total. The molecule has 0 aliphatic carbocycles. The van der Waals surface area contributed by atoms with Gasteiger partial charge in [-0.1, -0.05) is 11.6 Å². The van der Waals surface area contributed by atoms with Gasteiger partial charge in [-0.2, -0.15) is 0 Å². The summed E-state index contributed by atoms with van der Waals surface area (Å²) in [7, 11) is 0. The first-order valence-corrected chi connectivity index (χ1v) is 8.32. The topological polar surface area (TPSA) is 40.5 Å². The molecule has 2 rings (SSSR count). The Kier molecular flexibility index (Phi) is 6.20. The van der Waals surface area contributed by atoms with Crippen molar-refractivity contribution in [1.82, 2.24) is 4.90 Å². The number of halogens is 1. The van der Waals surface area contributed by atoms with Gasteiger partial charge in [-0.3, -0.25) is 4.79 Å². The SMILES string of the molecule is O=C(CCSc1ccc(Cl)cc1)N1CCCC(CO)C1. The summed E-state index contributed by atoms with van der Waals surface area (Å²) in [5.41, 5.74) is 0. The predicted octanol–water partition coefficient (Wildman–Crippen LogP) is 3.05. The van der Waals surface area contributed by atoms with Crippen LogP contribution in [-0.2, 0) is 4.79 Å². The molecule has 0 spiro atoms. The van der Waals surface area contributed by atoms with E-state index in [4.69, 9.17) is 11.6 Å². The first-order valence-electron chi connectivity index (χ1n) is 6.96. The molecule has 1 heterocycles. The summed E-state index contributed by atoms with van der Waals surface area (Å²) in [6.45, 7) is 1.73. The number of aliphatic hydroxyl groups excluding tert-OH is 1. The van der Waals surface area contributed by atoms with Gasteiger partial charge in [0.15, 0.2) is 0 Å². The highest BCUT2D eigenvalue weighted by atomic mass is 35.5. The van der Waals surface area contributed by atoms with Crippen LogP contribution in [0.15, 0.2) is 29.2 Å². The number of carbonyl (C=O) groups is 1. The van der Waals surface area contributed by atoms with E-state index in [2.05, 4.69) is 0 Å². The number of nitrogens with zero attached hydrogens (tertiary/aromatic N) is 1. The molecule has 1 saturated heterocycles. The molecule has 1 atom stereocenters. The van der Waals surface area contributed by atoms with Crippen molar-refractivity contribution in [2.24, 2.45) is 5.92 Å². The molecule has 20 heavy (non-hydrogen) atoms.